The third-order valence-corrected chi connectivity index (χ3v) is 3.72. The average Bonchev–Trinajstić information content (AvgIpc) is 2.56. The second-order valence-corrected chi connectivity index (χ2v) is 5.76. The normalized spacial score (nSPS) is 10.5. The minimum absolute atomic E-state index is 0.316. The fraction of sp³-hybridized carbons (Fsp3) is 0.167. The molecular formula is C18H18N4O3. The molecule has 128 valence electrons. The molecule has 0 aliphatic carbocycles. The molecule has 0 radical (unpaired) electrons. The molecule has 3 aromatic rings. The zero-order valence-electron chi connectivity index (χ0n) is 14.2. The molecule has 0 aliphatic rings. The quantitative estimate of drug-likeness (QED) is 0.763. The van der Waals surface area contributed by atoms with Crippen LogP contribution in [0.3, 0.4) is 0 Å². The number of nitrogens with zero attached hydrogens (tertiary/aromatic N) is 2. The predicted octanol–water partition coefficient (Wildman–Crippen LogP) is 2.62. The van der Waals surface area contributed by atoms with E-state index < -0.39 is 11.2 Å². The van der Waals surface area contributed by atoms with Crippen molar-refractivity contribution in [3.8, 4) is 11.6 Å². The highest BCUT2D eigenvalue weighted by molar-refractivity contribution is 5.59. The van der Waals surface area contributed by atoms with Crippen LogP contribution in [0, 0.1) is 13.8 Å². The van der Waals surface area contributed by atoms with E-state index in [1.807, 2.05) is 38.1 Å². The minimum Gasteiger partial charge on any atom is -0.439 e. The van der Waals surface area contributed by atoms with Crippen molar-refractivity contribution in [2.24, 2.45) is 7.05 Å². The molecule has 0 unspecified atom stereocenters. The SMILES string of the molecule is Cc1ccnc(Oc2cc(Nc3cc(=O)n(C)c(=O)[nH]3)ccc2C)c1. The Morgan fingerprint density at radius 3 is 2.64 bits per heavy atom. The Morgan fingerprint density at radius 2 is 1.92 bits per heavy atom. The third-order valence-electron chi connectivity index (χ3n) is 3.72. The first-order valence-electron chi connectivity index (χ1n) is 7.71. The third kappa shape index (κ3) is 3.77. The standard InChI is InChI=1S/C18H18N4O3/c1-11-6-7-19-16(8-11)25-14-9-13(5-4-12(14)2)20-15-10-17(23)22(3)18(24)21-15/h4-10,20H,1-3H3,(H,21,24). The van der Waals surface area contributed by atoms with E-state index >= 15 is 0 Å². The van der Waals surface area contributed by atoms with Crippen LogP contribution >= 0.6 is 0 Å². The Morgan fingerprint density at radius 1 is 1.12 bits per heavy atom. The molecule has 2 N–H and O–H groups in total. The highest BCUT2D eigenvalue weighted by Gasteiger charge is 2.06. The Labute approximate surface area is 143 Å². The van der Waals surface area contributed by atoms with Gasteiger partial charge < -0.3 is 10.1 Å². The molecule has 0 atom stereocenters. The van der Waals surface area contributed by atoms with Gasteiger partial charge in [0.2, 0.25) is 5.88 Å². The summed E-state index contributed by atoms with van der Waals surface area (Å²) in [5.41, 5.74) is 1.79. The number of benzene rings is 1. The summed E-state index contributed by atoms with van der Waals surface area (Å²) in [6.07, 6.45) is 1.69. The Kier molecular flexibility index (Phi) is 4.38. The van der Waals surface area contributed by atoms with Crippen LogP contribution in [0.2, 0.25) is 0 Å². The maximum absolute atomic E-state index is 11.7. The number of hydrogen-bond acceptors (Lipinski definition) is 5. The van der Waals surface area contributed by atoms with E-state index in [4.69, 9.17) is 4.74 Å². The van der Waals surface area contributed by atoms with Crippen molar-refractivity contribution in [2.75, 3.05) is 5.32 Å². The van der Waals surface area contributed by atoms with Gasteiger partial charge in [0.05, 0.1) is 0 Å². The van der Waals surface area contributed by atoms with Crippen molar-refractivity contribution in [1.29, 1.82) is 0 Å². The number of aromatic nitrogens is 3. The molecule has 0 aliphatic heterocycles. The Bertz CT molecular complexity index is 1010. The number of aryl methyl sites for hydroxylation is 2. The van der Waals surface area contributed by atoms with Gasteiger partial charge in [-0.3, -0.25) is 14.3 Å². The molecule has 0 fully saturated rings. The van der Waals surface area contributed by atoms with Gasteiger partial charge in [-0.2, -0.15) is 0 Å². The molecule has 3 rings (SSSR count). The molecule has 0 amide bonds. The molecular weight excluding hydrogens is 320 g/mol. The average molecular weight is 338 g/mol. The van der Waals surface area contributed by atoms with E-state index in [1.165, 1.54) is 13.1 Å². The number of anilines is 2. The van der Waals surface area contributed by atoms with Crippen LogP contribution in [0.15, 0.2) is 52.2 Å². The number of nitrogens with one attached hydrogen (secondary N) is 2. The number of H-pyrrole nitrogens is 1. The first-order chi connectivity index (χ1) is 11.9. The van der Waals surface area contributed by atoms with Gasteiger partial charge in [0.15, 0.2) is 0 Å². The zero-order chi connectivity index (χ0) is 18.0. The number of hydrogen-bond donors (Lipinski definition) is 2. The van der Waals surface area contributed by atoms with Crippen molar-refractivity contribution in [3.63, 3.8) is 0 Å². The molecule has 0 saturated heterocycles. The maximum atomic E-state index is 11.7. The summed E-state index contributed by atoms with van der Waals surface area (Å²) in [6.45, 7) is 3.89. The lowest BCUT2D eigenvalue weighted by Gasteiger charge is -2.12. The minimum atomic E-state index is -0.484. The molecule has 0 spiro atoms. The topological polar surface area (TPSA) is 89.0 Å². The maximum Gasteiger partial charge on any atom is 0.329 e. The lowest BCUT2D eigenvalue weighted by molar-refractivity contribution is 0.459. The van der Waals surface area contributed by atoms with Gasteiger partial charge in [-0.1, -0.05) is 6.07 Å². The first kappa shape index (κ1) is 16.5. The van der Waals surface area contributed by atoms with Crippen LogP contribution in [0.5, 0.6) is 11.6 Å². The molecule has 0 bridgehead atoms. The molecule has 7 heteroatoms. The van der Waals surface area contributed by atoms with Gasteiger partial charge in [0, 0.05) is 37.1 Å². The summed E-state index contributed by atoms with van der Waals surface area (Å²) < 4.78 is 6.84. The number of pyridine rings is 1. The zero-order valence-corrected chi connectivity index (χ0v) is 14.2. The Hall–Kier alpha value is -3.35. The molecule has 0 saturated carbocycles. The van der Waals surface area contributed by atoms with Crippen LogP contribution in [0.4, 0.5) is 11.5 Å². The van der Waals surface area contributed by atoms with Gasteiger partial charge >= 0.3 is 5.69 Å². The fourth-order valence-corrected chi connectivity index (χ4v) is 2.24. The van der Waals surface area contributed by atoms with Crippen molar-refractivity contribution < 1.29 is 4.74 Å². The van der Waals surface area contributed by atoms with Crippen molar-refractivity contribution in [3.05, 3.63) is 74.6 Å². The van der Waals surface area contributed by atoms with Gasteiger partial charge in [-0.25, -0.2) is 9.78 Å². The fourth-order valence-electron chi connectivity index (χ4n) is 2.24. The van der Waals surface area contributed by atoms with E-state index in [1.54, 1.807) is 12.3 Å². The van der Waals surface area contributed by atoms with E-state index in [0.29, 0.717) is 23.1 Å². The predicted molar refractivity (Wildman–Crippen MR) is 95.8 cm³/mol. The van der Waals surface area contributed by atoms with Crippen molar-refractivity contribution in [2.45, 2.75) is 13.8 Å². The van der Waals surface area contributed by atoms with E-state index in [-0.39, 0.29) is 0 Å². The van der Waals surface area contributed by atoms with E-state index in [2.05, 4.69) is 15.3 Å². The smallest absolute Gasteiger partial charge is 0.329 e. The summed E-state index contributed by atoms with van der Waals surface area (Å²) in [5.74, 6) is 1.45. The van der Waals surface area contributed by atoms with E-state index in [9.17, 15) is 9.59 Å². The molecule has 2 aromatic heterocycles. The summed E-state index contributed by atoms with van der Waals surface area (Å²) in [4.78, 5) is 30.2. The lowest BCUT2D eigenvalue weighted by Crippen LogP contribution is -2.32. The highest BCUT2D eigenvalue weighted by atomic mass is 16.5. The largest absolute Gasteiger partial charge is 0.439 e. The lowest BCUT2D eigenvalue weighted by atomic mass is 10.2. The summed E-state index contributed by atoms with van der Waals surface area (Å²) in [7, 11) is 1.41. The summed E-state index contributed by atoms with van der Waals surface area (Å²) in [6, 6.07) is 10.6. The monoisotopic (exact) mass is 338 g/mol. The van der Waals surface area contributed by atoms with Gasteiger partial charge in [-0.15, -0.1) is 0 Å². The number of ether oxygens (including phenoxy) is 1. The number of rotatable bonds is 4. The van der Waals surface area contributed by atoms with Gasteiger partial charge in [-0.05, 0) is 37.1 Å². The Balaban J connectivity index is 1.89. The van der Waals surface area contributed by atoms with Crippen LogP contribution in [0.1, 0.15) is 11.1 Å². The highest BCUT2D eigenvalue weighted by Crippen LogP contribution is 2.28. The van der Waals surface area contributed by atoms with Crippen LogP contribution in [-0.4, -0.2) is 14.5 Å². The molecule has 2 heterocycles. The molecule has 7 nitrogen and oxygen atoms in total. The van der Waals surface area contributed by atoms with Crippen LogP contribution in [-0.2, 0) is 7.05 Å². The van der Waals surface area contributed by atoms with Crippen molar-refractivity contribution >= 4 is 11.5 Å². The van der Waals surface area contributed by atoms with Crippen LogP contribution < -0.4 is 21.3 Å². The molecule has 1 aromatic carbocycles. The van der Waals surface area contributed by atoms with Crippen LogP contribution in [0.25, 0.3) is 0 Å². The first-order valence-corrected chi connectivity index (χ1v) is 7.71. The van der Waals surface area contributed by atoms with E-state index in [0.717, 1.165) is 15.7 Å². The molecule has 25 heavy (non-hydrogen) atoms. The summed E-state index contributed by atoms with van der Waals surface area (Å²) >= 11 is 0. The number of aromatic amines is 1. The summed E-state index contributed by atoms with van der Waals surface area (Å²) in [5, 5.41) is 3.01. The van der Waals surface area contributed by atoms with Crippen molar-refractivity contribution in [1.82, 2.24) is 14.5 Å². The second-order valence-electron chi connectivity index (χ2n) is 5.76. The van der Waals surface area contributed by atoms with Gasteiger partial charge in [0.25, 0.3) is 5.56 Å². The second kappa shape index (κ2) is 6.64. The van der Waals surface area contributed by atoms with Gasteiger partial charge in [0.1, 0.15) is 11.6 Å².